The molecule has 0 amide bonds. The van der Waals surface area contributed by atoms with Crippen molar-refractivity contribution in [2.45, 2.75) is 64.0 Å². The number of nitrogens with two attached hydrogens (primary N) is 1. The van der Waals surface area contributed by atoms with Crippen molar-refractivity contribution < 1.29 is 0 Å². The summed E-state index contributed by atoms with van der Waals surface area (Å²) >= 11 is 0. The lowest BCUT2D eigenvalue weighted by molar-refractivity contribution is 0.0933. The highest BCUT2D eigenvalue weighted by Crippen LogP contribution is 2.32. The van der Waals surface area contributed by atoms with Gasteiger partial charge in [0, 0.05) is 25.3 Å². The molecule has 0 unspecified atom stereocenters. The highest BCUT2D eigenvalue weighted by molar-refractivity contribution is 5.24. The van der Waals surface area contributed by atoms with Gasteiger partial charge in [-0.2, -0.15) is 5.10 Å². The molecule has 0 spiro atoms. The third-order valence-corrected chi connectivity index (χ3v) is 5.41. The van der Waals surface area contributed by atoms with Crippen LogP contribution in [0.2, 0.25) is 0 Å². The van der Waals surface area contributed by atoms with Crippen LogP contribution in [-0.4, -0.2) is 33.8 Å². The first-order valence-electron chi connectivity index (χ1n) is 8.31. The average molecular weight is 276 g/mol. The van der Waals surface area contributed by atoms with Crippen LogP contribution in [0, 0.1) is 5.92 Å². The molecule has 2 aliphatic rings. The quantitative estimate of drug-likeness (QED) is 0.923. The Morgan fingerprint density at radius 1 is 1.10 bits per heavy atom. The lowest BCUT2D eigenvalue weighted by Gasteiger charge is -2.40. The molecular formula is C16H28N4. The molecule has 0 bridgehead atoms. The minimum atomic E-state index is 0.551. The van der Waals surface area contributed by atoms with Crippen molar-refractivity contribution in [2.75, 3.05) is 18.8 Å². The molecule has 4 heteroatoms. The van der Waals surface area contributed by atoms with Gasteiger partial charge < -0.3 is 10.6 Å². The number of aromatic nitrogens is 2. The summed E-state index contributed by atoms with van der Waals surface area (Å²) in [6, 6.07) is 3.30. The van der Waals surface area contributed by atoms with Gasteiger partial charge in [0.25, 0.3) is 0 Å². The first-order chi connectivity index (χ1) is 9.76. The van der Waals surface area contributed by atoms with Crippen LogP contribution >= 0.6 is 0 Å². The Balaban J connectivity index is 1.49. The Labute approximate surface area is 122 Å². The fraction of sp³-hybridized carbons (Fsp3) is 0.812. The van der Waals surface area contributed by atoms with Crippen molar-refractivity contribution in [3.8, 4) is 0 Å². The Hall–Kier alpha value is -1.03. The van der Waals surface area contributed by atoms with E-state index < -0.39 is 0 Å². The number of nitrogen functional groups attached to an aromatic ring is 1. The second-order valence-corrected chi connectivity index (χ2v) is 6.57. The van der Waals surface area contributed by atoms with Crippen LogP contribution in [0.5, 0.6) is 0 Å². The molecule has 3 rings (SSSR count). The highest BCUT2D eigenvalue weighted by atomic mass is 15.3. The predicted molar refractivity (Wildman–Crippen MR) is 82.5 cm³/mol. The molecule has 1 aliphatic carbocycles. The molecule has 2 heterocycles. The molecule has 112 valence electrons. The van der Waals surface area contributed by atoms with E-state index >= 15 is 0 Å². The fourth-order valence-corrected chi connectivity index (χ4v) is 3.99. The summed E-state index contributed by atoms with van der Waals surface area (Å²) in [6.07, 6.45) is 11.5. The summed E-state index contributed by atoms with van der Waals surface area (Å²) in [5.74, 6) is 1.64. The molecule has 0 aromatic carbocycles. The Morgan fingerprint density at radius 2 is 1.80 bits per heavy atom. The first-order valence-corrected chi connectivity index (χ1v) is 8.31. The second kappa shape index (κ2) is 6.17. The highest BCUT2D eigenvalue weighted by Gasteiger charge is 2.29. The van der Waals surface area contributed by atoms with Crippen LogP contribution in [0.1, 0.15) is 57.9 Å². The number of nitrogens with zero attached hydrogens (tertiary/aromatic N) is 3. The number of piperidine rings is 1. The summed E-state index contributed by atoms with van der Waals surface area (Å²) < 4.78 is 2.07. The van der Waals surface area contributed by atoms with Gasteiger partial charge in [-0.3, -0.25) is 4.68 Å². The van der Waals surface area contributed by atoms with Gasteiger partial charge in [0.05, 0.1) is 6.04 Å². The number of likely N-dealkylation sites (tertiary alicyclic amines) is 1. The van der Waals surface area contributed by atoms with Crippen molar-refractivity contribution in [1.29, 1.82) is 0 Å². The van der Waals surface area contributed by atoms with Crippen LogP contribution in [-0.2, 0) is 0 Å². The van der Waals surface area contributed by atoms with Crippen molar-refractivity contribution in [2.24, 2.45) is 5.92 Å². The Morgan fingerprint density at radius 3 is 2.35 bits per heavy atom. The Bertz CT molecular complexity index is 412. The van der Waals surface area contributed by atoms with Crippen LogP contribution in [0.4, 0.5) is 5.82 Å². The monoisotopic (exact) mass is 276 g/mol. The first kappa shape index (κ1) is 13.9. The smallest absolute Gasteiger partial charge is 0.145 e. The SMILES string of the molecule is CCC1CCC(N2CCC(n3ccc(N)n3)CC2)CC1. The minimum absolute atomic E-state index is 0.551. The molecular weight excluding hydrogens is 248 g/mol. The number of rotatable bonds is 3. The van der Waals surface area contributed by atoms with Gasteiger partial charge >= 0.3 is 0 Å². The molecule has 0 radical (unpaired) electrons. The van der Waals surface area contributed by atoms with Crippen LogP contribution in [0.3, 0.4) is 0 Å². The normalized spacial score (nSPS) is 29.6. The van der Waals surface area contributed by atoms with Crippen LogP contribution in [0.15, 0.2) is 12.3 Å². The molecule has 1 saturated heterocycles. The zero-order valence-corrected chi connectivity index (χ0v) is 12.7. The molecule has 2 N–H and O–H groups in total. The van der Waals surface area contributed by atoms with Gasteiger partial charge in [-0.1, -0.05) is 13.3 Å². The summed E-state index contributed by atoms with van der Waals surface area (Å²) in [6.45, 7) is 4.80. The molecule has 1 aromatic heterocycles. The number of hydrogen-bond donors (Lipinski definition) is 1. The molecule has 2 fully saturated rings. The van der Waals surface area contributed by atoms with Gasteiger partial charge in [0.1, 0.15) is 5.82 Å². The van der Waals surface area contributed by atoms with E-state index in [1.165, 1.54) is 58.0 Å². The van der Waals surface area contributed by atoms with Gasteiger partial charge in [-0.25, -0.2) is 0 Å². The molecule has 4 nitrogen and oxygen atoms in total. The van der Waals surface area contributed by atoms with E-state index in [1.807, 2.05) is 12.3 Å². The van der Waals surface area contributed by atoms with Gasteiger partial charge in [-0.15, -0.1) is 0 Å². The van der Waals surface area contributed by atoms with E-state index in [0.29, 0.717) is 11.9 Å². The Kier molecular flexibility index (Phi) is 4.29. The zero-order valence-electron chi connectivity index (χ0n) is 12.7. The topological polar surface area (TPSA) is 47.1 Å². The standard InChI is InChI=1S/C16H28N4/c1-2-13-3-5-14(6-4-13)19-10-7-15(8-11-19)20-12-9-16(17)18-20/h9,12-15H,2-8,10-11H2,1H3,(H2,17,18). The zero-order chi connectivity index (χ0) is 13.9. The maximum absolute atomic E-state index is 5.71. The van der Waals surface area contributed by atoms with E-state index in [4.69, 9.17) is 5.73 Å². The molecule has 20 heavy (non-hydrogen) atoms. The lowest BCUT2D eigenvalue weighted by atomic mass is 9.83. The van der Waals surface area contributed by atoms with Gasteiger partial charge in [-0.05, 0) is 50.5 Å². The van der Waals surface area contributed by atoms with Gasteiger partial charge in [0.2, 0.25) is 0 Å². The average Bonchev–Trinajstić information content (AvgIpc) is 2.94. The predicted octanol–water partition coefficient (Wildman–Crippen LogP) is 3.07. The summed E-state index contributed by atoms with van der Waals surface area (Å²) in [4.78, 5) is 2.73. The van der Waals surface area contributed by atoms with E-state index in [0.717, 1.165) is 12.0 Å². The van der Waals surface area contributed by atoms with E-state index in [1.54, 1.807) is 0 Å². The van der Waals surface area contributed by atoms with E-state index in [2.05, 4.69) is 21.6 Å². The lowest BCUT2D eigenvalue weighted by Crippen LogP contribution is -2.43. The molecule has 1 aromatic rings. The van der Waals surface area contributed by atoms with Crippen LogP contribution < -0.4 is 5.73 Å². The summed E-state index contributed by atoms with van der Waals surface area (Å²) in [5, 5.41) is 4.37. The third kappa shape index (κ3) is 3.00. The van der Waals surface area contributed by atoms with Crippen molar-refractivity contribution in [1.82, 2.24) is 14.7 Å². The van der Waals surface area contributed by atoms with Gasteiger partial charge in [0.15, 0.2) is 0 Å². The van der Waals surface area contributed by atoms with Crippen molar-refractivity contribution >= 4 is 5.82 Å². The molecule has 1 saturated carbocycles. The number of hydrogen-bond acceptors (Lipinski definition) is 3. The molecule has 1 aliphatic heterocycles. The van der Waals surface area contributed by atoms with E-state index in [-0.39, 0.29) is 0 Å². The summed E-state index contributed by atoms with van der Waals surface area (Å²) in [5.41, 5.74) is 5.71. The second-order valence-electron chi connectivity index (χ2n) is 6.57. The van der Waals surface area contributed by atoms with E-state index in [9.17, 15) is 0 Å². The minimum Gasteiger partial charge on any atom is -0.382 e. The van der Waals surface area contributed by atoms with Crippen molar-refractivity contribution in [3.05, 3.63) is 12.3 Å². The maximum Gasteiger partial charge on any atom is 0.145 e. The third-order valence-electron chi connectivity index (χ3n) is 5.41. The number of anilines is 1. The van der Waals surface area contributed by atoms with Crippen molar-refractivity contribution in [3.63, 3.8) is 0 Å². The fourth-order valence-electron chi connectivity index (χ4n) is 3.99. The largest absolute Gasteiger partial charge is 0.382 e. The van der Waals surface area contributed by atoms with Crippen LogP contribution in [0.25, 0.3) is 0 Å². The maximum atomic E-state index is 5.71. The summed E-state index contributed by atoms with van der Waals surface area (Å²) in [7, 11) is 0. The molecule has 0 atom stereocenters.